The number of halogens is 6. The van der Waals surface area contributed by atoms with Crippen LogP contribution in [0.1, 0.15) is 22.8 Å². The first-order chi connectivity index (χ1) is 7.68. The van der Waals surface area contributed by atoms with Gasteiger partial charge in [-0.3, -0.25) is 0 Å². The minimum absolute atomic E-state index is 0.0906. The molecule has 0 unspecified atom stereocenters. The minimum Gasteiger partial charge on any atom is -0.368 e. The Hall–Kier alpha value is -1.24. The van der Waals surface area contributed by atoms with Crippen LogP contribution in [0.5, 0.6) is 0 Å². The first kappa shape index (κ1) is 12.2. The summed E-state index contributed by atoms with van der Waals surface area (Å²) < 4.78 is 79.2. The summed E-state index contributed by atoms with van der Waals surface area (Å²) in [5.41, 5.74) is -2.71. The summed E-state index contributed by atoms with van der Waals surface area (Å²) in [6, 6.07) is 1.48. The van der Waals surface area contributed by atoms with E-state index in [2.05, 4.69) is 0 Å². The molecule has 0 saturated carbocycles. The summed E-state index contributed by atoms with van der Waals surface area (Å²) in [6.45, 7) is 0.151. The molecule has 1 heterocycles. The van der Waals surface area contributed by atoms with Gasteiger partial charge in [0.05, 0.1) is 17.7 Å². The van der Waals surface area contributed by atoms with E-state index >= 15 is 0 Å². The molecule has 1 aromatic carbocycles. The fraction of sp³-hybridized carbons (Fsp3) is 0.400. The van der Waals surface area contributed by atoms with E-state index in [0.29, 0.717) is 12.1 Å². The molecule has 2 rings (SSSR count). The molecule has 0 N–H and O–H groups in total. The van der Waals surface area contributed by atoms with Crippen molar-refractivity contribution in [1.82, 2.24) is 0 Å². The highest BCUT2D eigenvalue weighted by Crippen LogP contribution is 2.40. The quantitative estimate of drug-likeness (QED) is 0.550. The molecule has 1 aliphatic heterocycles. The van der Waals surface area contributed by atoms with Crippen molar-refractivity contribution in [2.24, 2.45) is 0 Å². The van der Waals surface area contributed by atoms with Gasteiger partial charge in [0.15, 0.2) is 0 Å². The van der Waals surface area contributed by atoms with Gasteiger partial charge >= 0.3 is 12.4 Å². The lowest BCUT2D eigenvalue weighted by molar-refractivity contribution is -0.143. The summed E-state index contributed by atoms with van der Waals surface area (Å²) in [5, 5.41) is 0. The van der Waals surface area contributed by atoms with E-state index in [1.807, 2.05) is 0 Å². The van der Waals surface area contributed by atoms with Crippen LogP contribution < -0.4 is 0 Å². The number of epoxide rings is 1. The van der Waals surface area contributed by atoms with Gasteiger partial charge in [0, 0.05) is 0 Å². The molecule has 0 amide bonds. The van der Waals surface area contributed by atoms with Crippen LogP contribution in [0.3, 0.4) is 0 Å². The number of ether oxygens (including phenoxy) is 1. The second kappa shape index (κ2) is 3.63. The fourth-order valence-corrected chi connectivity index (χ4v) is 1.41. The SMILES string of the molecule is FC(F)(F)c1cc([C@@H]2CO2)cc(C(F)(F)F)c1. The van der Waals surface area contributed by atoms with Crippen LogP contribution in [0.2, 0.25) is 0 Å². The van der Waals surface area contributed by atoms with Crippen LogP contribution in [-0.2, 0) is 17.1 Å². The van der Waals surface area contributed by atoms with Crippen LogP contribution >= 0.6 is 0 Å². The molecule has 0 aromatic heterocycles. The van der Waals surface area contributed by atoms with Crippen molar-refractivity contribution in [3.63, 3.8) is 0 Å². The Labute approximate surface area is 92.0 Å². The highest BCUT2D eigenvalue weighted by Gasteiger charge is 2.38. The number of hydrogen-bond acceptors (Lipinski definition) is 1. The standard InChI is InChI=1S/C10H6F6O/c11-9(12,13)6-1-5(8-4-17-8)2-7(3-6)10(14,15)16/h1-3,8H,4H2/t8-/m0/s1. The van der Waals surface area contributed by atoms with Gasteiger partial charge in [-0.1, -0.05) is 0 Å². The van der Waals surface area contributed by atoms with Crippen molar-refractivity contribution < 1.29 is 31.1 Å². The smallest absolute Gasteiger partial charge is 0.368 e. The van der Waals surface area contributed by atoms with E-state index in [1.54, 1.807) is 0 Å². The molecule has 0 radical (unpaired) electrons. The average Bonchev–Trinajstić information content (AvgIpc) is 2.97. The molecule has 0 bridgehead atoms. The van der Waals surface area contributed by atoms with Crippen LogP contribution in [0, 0.1) is 0 Å². The van der Waals surface area contributed by atoms with E-state index < -0.39 is 29.6 Å². The summed E-state index contributed by atoms with van der Waals surface area (Å²) >= 11 is 0. The predicted octanol–water partition coefficient (Wildman–Crippen LogP) is 3.80. The lowest BCUT2D eigenvalue weighted by atomic mass is 10.0. The molecule has 1 nitrogen and oxygen atoms in total. The maximum absolute atomic E-state index is 12.4. The minimum atomic E-state index is -4.80. The highest BCUT2D eigenvalue weighted by molar-refractivity contribution is 5.35. The maximum Gasteiger partial charge on any atom is 0.416 e. The molecule has 1 atom stereocenters. The molecule has 1 saturated heterocycles. The lowest BCUT2D eigenvalue weighted by Gasteiger charge is -2.13. The van der Waals surface area contributed by atoms with Crippen molar-refractivity contribution in [2.45, 2.75) is 18.5 Å². The van der Waals surface area contributed by atoms with Crippen molar-refractivity contribution in [2.75, 3.05) is 6.61 Å². The van der Waals surface area contributed by atoms with Gasteiger partial charge in [-0.2, -0.15) is 26.3 Å². The summed E-state index contributed by atoms with van der Waals surface area (Å²) in [7, 11) is 0. The second-order valence-electron chi connectivity index (χ2n) is 3.66. The van der Waals surface area contributed by atoms with E-state index in [1.165, 1.54) is 0 Å². The molecule has 0 aliphatic carbocycles. The topological polar surface area (TPSA) is 12.5 Å². The largest absolute Gasteiger partial charge is 0.416 e. The monoisotopic (exact) mass is 256 g/mol. The van der Waals surface area contributed by atoms with Crippen molar-refractivity contribution in [3.05, 3.63) is 34.9 Å². The van der Waals surface area contributed by atoms with Crippen LogP contribution in [0.15, 0.2) is 18.2 Å². The van der Waals surface area contributed by atoms with Crippen LogP contribution in [-0.4, -0.2) is 6.61 Å². The Morgan fingerprint density at radius 3 is 1.59 bits per heavy atom. The molecule has 0 spiro atoms. The molecule has 1 aliphatic rings. The zero-order chi connectivity index (χ0) is 12.8. The van der Waals surface area contributed by atoms with Gasteiger partial charge in [0.25, 0.3) is 0 Å². The Bertz CT molecular complexity index is 397. The van der Waals surface area contributed by atoms with Gasteiger partial charge < -0.3 is 4.74 Å². The molecule has 1 fully saturated rings. The van der Waals surface area contributed by atoms with Gasteiger partial charge in [0.2, 0.25) is 0 Å². The number of rotatable bonds is 1. The zero-order valence-corrected chi connectivity index (χ0v) is 8.19. The third kappa shape index (κ3) is 2.71. The predicted molar refractivity (Wildman–Crippen MR) is 45.1 cm³/mol. The first-order valence-corrected chi connectivity index (χ1v) is 4.59. The lowest BCUT2D eigenvalue weighted by Crippen LogP contribution is -2.11. The van der Waals surface area contributed by atoms with Crippen LogP contribution in [0.4, 0.5) is 26.3 Å². The molecule has 17 heavy (non-hydrogen) atoms. The van der Waals surface area contributed by atoms with Crippen LogP contribution in [0.25, 0.3) is 0 Å². The van der Waals surface area contributed by atoms with Gasteiger partial charge in [0.1, 0.15) is 6.10 Å². The highest BCUT2D eigenvalue weighted by atomic mass is 19.4. The van der Waals surface area contributed by atoms with Gasteiger partial charge in [-0.15, -0.1) is 0 Å². The summed E-state index contributed by atoms with van der Waals surface area (Å²) in [4.78, 5) is 0. The summed E-state index contributed by atoms with van der Waals surface area (Å²) in [6.07, 6.45) is -10.3. The second-order valence-corrected chi connectivity index (χ2v) is 3.66. The normalized spacial score (nSPS) is 20.5. The van der Waals surface area contributed by atoms with Crippen molar-refractivity contribution >= 4 is 0 Å². The maximum atomic E-state index is 12.4. The fourth-order valence-electron chi connectivity index (χ4n) is 1.41. The molecular weight excluding hydrogens is 250 g/mol. The van der Waals surface area contributed by atoms with E-state index in [0.717, 1.165) is 0 Å². The Morgan fingerprint density at radius 2 is 1.29 bits per heavy atom. The molecule has 7 heteroatoms. The molecule has 94 valence electrons. The Balaban J connectivity index is 2.50. The van der Waals surface area contributed by atoms with Crippen molar-refractivity contribution in [1.29, 1.82) is 0 Å². The average molecular weight is 256 g/mol. The molecule has 1 aromatic rings. The third-order valence-corrected chi connectivity index (χ3v) is 2.32. The third-order valence-electron chi connectivity index (χ3n) is 2.32. The van der Waals surface area contributed by atoms with Gasteiger partial charge in [-0.05, 0) is 23.8 Å². The first-order valence-electron chi connectivity index (χ1n) is 4.59. The van der Waals surface area contributed by atoms with E-state index in [-0.39, 0.29) is 18.2 Å². The summed E-state index contributed by atoms with van der Waals surface area (Å²) in [5.74, 6) is 0. The Morgan fingerprint density at radius 1 is 0.882 bits per heavy atom. The van der Waals surface area contributed by atoms with Crippen molar-refractivity contribution in [3.8, 4) is 0 Å². The Kier molecular flexibility index (Phi) is 2.61. The number of alkyl halides is 6. The zero-order valence-electron chi connectivity index (χ0n) is 8.19. The van der Waals surface area contributed by atoms with Gasteiger partial charge in [-0.25, -0.2) is 0 Å². The number of hydrogen-bond donors (Lipinski definition) is 0. The van der Waals surface area contributed by atoms with E-state index in [9.17, 15) is 26.3 Å². The number of benzene rings is 1. The van der Waals surface area contributed by atoms with E-state index in [4.69, 9.17) is 4.74 Å². The molecular formula is C10H6F6O.